The number of rotatable bonds is 7. The summed E-state index contributed by atoms with van der Waals surface area (Å²) in [5, 5.41) is 61.0. The number of nitrogens with two attached hydrogens (primary N) is 1. The zero-order valence-corrected chi connectivity index (χ0v) is 25.8. The van der Waals surface area contributed by atoms with Crippen LogP contribution in [0.4, 0.5) is 0 Å². The number of methoxy groups -OCH3 is 1. The van der Waals surface area contributed by atoms with Gasteiger partial charge in [0.2, 0.25) is 0 Å². The number of likely N-dealkylation sites (N-methyl/N-ethyl adjacent to an activating group) is 1. The highest BCUT2D eigenvalue weighted by Crippen LogP contribution is 2.57. The van der Waals surface area contributed by atoms with E-state index in [0.29, 0.717) is 17.9 Å². The molecule has 5 rings (SSSR count). The molecule has 0 bridgehead atoms. The molecule has 3 aliphatic carbocycles. The highest BCUT2D eigenvalue weighted by molar-refractivity contribution is 6.14. The summed E-state index contributed by atoms with van der Waals surface area (Å²) in [4.78, 5) is 28.2. The van der Waals surface area contributed by atoms with Gasteiger partial charge in [-0.2, -0.15) is 0 Å². The van der Waals surface area contributed by atoms with Crippen molar-refractivity contribution in [3.63, 3.8) is 0 Å². The number of amides is 1. The number of hydrogen-bond donors (Lipinski definition) is 7. The number of phenolic OH excluding ortho intramolecular Hbond substituents is 1. The lowest BCUT2D eigenvalue weighted by atomic mass is 9.54. The molecule has 0 heterocycles. The van der Waals surface area contributed by atoms with Crippen molar-refractivity contribution in [2.75, 3.05) is 21.2 Å². The maximum atomic E-state index is 14.2. The first kappa shape index (κ1) is 31.5. The van der Waals surface area contributed by atoms with Crippen LogP contribution in [-0.4, -0.2) is 86.6 Å². The van der Waals surface area contributed by atoms with Gasteiger partial charge in [0.25, 0.3) is 5.91 Å². The standard InChI is InChI=1S/C33H41N3O8/c1-15(2)35-14-18-11-16(7-10-23(18)44-6)19-8-9-22(37)25-20(19)12-17-13-21-27(36(4)5)29(39)26(31(34)41)32(3,42)33(21,43)30(40)24(17)28(25)38/h7-11,15,17,21,27,35,37,39-40,42-43H,12-14H2,1-6H3,(H2,34,41)/t17-,21-,27-,32?,33-/m0/s1. The van der Waals surface area contributed by atoms with Gasteiger partial charge in [0.1, 0.15) is 28.6 Å². The van der Waals surface area contributed by atoms with Crippen molar-refractivity contribution in [1.82, 2.24) is 10.2 Å². The van der Waals surface area contributed by atoms with E-state index < -0.39 is 57.9 Å². The van der Waals surface area contributed by atoms with Crippen molar-refractivity contribution < 1.29 is 39.9 Å². The van der Waals surface area contributed by atoms with Crippen LogP contribution >= 0.6 is 0 Å². The first-order valence-electron chi connectivity index (χ1n) is 14.7. The monoisotopic (exact) mass is 607 g/mol. The SMILES string of the molecule is COc1ccc(-c2ccc(O)c3c2C[C@H]2C[C@H]4[C@H](N(C)C)C(O)=C(C(N)=O)C(C)(O)[C@@]4(O)C(O)=C2C3=O)cc1CNC(C)C. The normalized spacial score (nSPS) is 28.2. The molecule has 8 N–H and O–H groups in total. The number of phenols is 1. The van der Waals surface area contributed by atoms with Crippen molar-refractivity contribution in [2.24, 2.45) is 17.6 Å². The number of Topliss-reactive ketones (excluding diaryl/α,β-unsaturated/α-hetero) is 1. The maximum absolute atomic E-state index is 14.2. The number of ketones is 1. The van der Waals surface area contributed by atoms with Gasteiger partial charge in [-0.3, -0.25) is 14.5 Å². The largest absolute Gasteiger partial charge is 0.510 e. The highest BCUT2D eigenvalue weighted by atomic mass is 16.5. The third-order valence-corrected chi connectivity index (χ3v) is 9.55. The van der Waals surface area contributed by atoms with Crippen molar-refractivity contribution >= 4 is 11.7 Å². The molecule has 0 fully saturated rings. The summed E-state index contributed by atoms with van der Waals surface area (Å²) < 4.78 is 5.57. The molecule has 2 aromatic carbocycles. The highest BCUT2D eigenvalue weighted by Gasteiger charge is 2.68. The number of allylic oxidation sites excluding steroid dienone is 1. The molecule has 3 aliphatic rings. The van der Waals surface area contributed by atoms with E-state index >= 15 is 0 Å². The second-order valence-corrected chi connectivity index (χ2v) is 12.8. The summed E-state index contributed by atoms with van der Waals surface area (Å²) in [6, 6.07) is 8.11. The molecule has 1 unspecified atom stereocenters. The molecule has 236 valence electrons. The van der Waals surface area contributed by atoms with Crippen LogP contribution in [-0.2, 0) is 17.8 Å². The number of benzene rings is 2. The lowest BCUT2D eigenvalue weighted by molar-refractivity contribution is -0.183. The fourth-order valence-electron chi connectivity index (χ4n) is 7.50. The van der Waals surface area contributed by atoms with E-state index in [-0.39, 0.29) is 35.8 Å². The topological polar surface area (TPSA) is 186 Å². The molecular weight excluding hydrogens is 566 g/mol. The average molecular weight is 608 g/mol. The Labute approximate surface area is 256 Å². The van der Waals surface area contributed by atoms with E-state index in [0.717, 1.165) is 23.6 Å². The van der Waals surface area contributed by atoms with Gasteiger partial charge in [-0.15, -0.1) is 0 Å². The van der Waals surface area contributed by atoms with Crippen molar-refractivity contribution in [1.29, 1.82) is 0 Å². The number of nitrogens with one attached hydrogen (secondary N) is 1. The summed E-state index contributed by atoms with van der Waals surface area (Å²) in [6.07, 6.45) is 0.287. The number of fused-ring (bicyclic) bond motifs is 3. The quantitative estimate of drug-likeness (QED) is 0.247. The van der Waals surface area contributed by atoms with E-state index in [4.69, 9.17) is 10.5 Å². The average Bonchev–Trinajstić information content (AvgIpc) is 2.93. The molecule has 0 saturated carbocycles. The Hall–Kier alpha value is -3.90. The number of carbonyl (C=O) groups is 2. The molecule has 5 atom stereocenters. The van der Waals surface area contributed by atoms with Gasteiger partial charge < -0.3 is 41.3 Å². The van der Waals surface area contributed by atoms with Crippen LogP contribution in [0.25, 0.3) is 11.1 Å². The Kier molecular flexibility index (Phi) is 7.82. The van der Waals surface area contributed by atoms with Gasteiger partial charge in [0, 0.05) is 29.6 Å². The minimum atomic E-state index is -2.54. The summed E-state index contributed by atoms with van der Waals surface area (Å²) in [7, 11) is 4.86. The molecule has 0 aliphatic heterocycles. The lowest BCUT2D eigenvalue weighted by Gasteiger charge is -2.56. The summed E-state index contributed by atoms with van der Waals surface area (Å²) >= 11 is 0. The van der Waals surface area contributed by atoms with E-state index in [1.807, 2.05) is 32.0 Å². The number of aromatic hydroxyl groups is 1. The van der Waals surface area contributed by atoms with Gasteiger partial charge in [-0.1, -0.05) is 26.0 Å². The zero-order valence-electron chi connectivity index (χ0n) is 25.8. The minimum absolute atomic E-state index is 0.00634. The molecule has 2 aromatic rings. The number of aliphatic hydroxyl groups excluding tert-OH is 2. The second-order valence-electron chi connectivity index (χ2n) is 12.8. The molecule has 1 amide bonds. The smallest absolute Gasteiger partial charge is 0.251 e. The third-order valence-electron chi connectivity index (χ3n) is 9.55. The van der Waals surface area contributed by atoms with E-state index in [1.54, 1.807) is 32.2 Å². The van der Waals surface area contributed by atoms with Gasteiger partial charge >= 0.3 is 0 Å². The van der Waals surface area contributed by atoms with Gasteiger partial charge in [-0.25, -0.2) is 0 Å². The van der Waals surface area contributed by atoms with Gasteiger partial charge in [0.15, 0.2) is 11.4 Å². The van der Waals surface area contributed by atoms with Crippen LogP contribution in [0, 0.1) is 11.8 Å². The predicted molar refractivity (Wildman–Crippen MR) is 163 cm³/mol. The zero-order chi connectivity index (χ0) is 32.5. The molecule has 0 aromatic heterocycles. The van der Waals surface area contributed by atoms with Crippen LogP contribution in [0.5, 0.6) is 11.5 Å². The van der Waals surface area contributed by atoms with Crippen LogP contribution in [0.2, 0.25) is 0 Å². The maximum Gasteiger partial charge on any atom is 0.251 e. The number of primary amides is 1. The van der Waals surface area contributed by atoms with E-state index in [9.17, 15) is 35.1 Å². The Morgan fingerprint density at radius 3 is 2.43 bits per heavy atom. The van der Waals surface area contributed by atoms with Gasteiger partial charge in [0.05, 0.1) is 24.3 Å². The molecule has 0 radical (unpaired) electrons. The summed E-state index contributed by atoms with van der Waals surface area (Å²) in [5.41, 5.74) is 2.68. The van der Waals surface area contributed by atoms with Crippen molar-refractivity contribution in [2.45, 2.75) is 63.4 Å². The lowest BCUT2D eigenvalue weighted by Crippen LogP contribution is -2.70. The first-order chi connectivity index (χ1) is 20.6. The number of carbonyl (C=O) groups excluding carboxylic acids is 2. The Bertz CT molecular complexity index is 1610. The van der Waals surface area contributed by atoms with Crippen LogP contribution in [0.1, 0.15) is 48.7 Å². The molecular formula is C33H41N3O8. The summed E-state index contributed by atoms with van der Waals surface area (Å²) in [6.45, 7) is 5.72. The number of nitrogens with zero attached hydrogens (tertiary/aromatic N) is 1. The molecule has 44 heavy (non-hydrogen) atoms. The summed E-state index contributed by atoms with van der Waals surface area (Å²) in [5.74, 6) is -4.41. The number of hydrogen-bond acceptors (Lipinski definition) is 10. The Balaban J connectivity index is 1.69. The van der Waals surface area contributed by atoms with Gasteiger partial charge in [-0.05, 0) is 74.7 Å². The molecule has 11 nitrogen and oxygen atoms in total. The van der Waals surface area contributed by atoms with E-state index in [1.165, 1.54) is 6.07 Å². The van der Waals surface area contributed by atoms with Crippen molar-refractivity contribution in [3.05, 3.63) is 69.7 Å². The number of ether oxygens (including phenoxy) is 1. The second kappa shape index (κ2) is 10.9. The minimum Gasteiger partial charge on any atom is -0.510 e. The molecule has 0 saturated heterocycles. The van der Waals surface area contributed by atoms with Crippen LogP contribution < -0.4 is 15.8 Å². The fraction of sp³-hybridized carbons (Fsp3) is 0.455. The molecule has 0 spiro atoms. The first-order valence-corrected chi connectivity index (χ1v) is 14.7. The molecule has 11 heteroatoms. The Morgan fingerprint density at radius 1 is 1.16 bits per heavy atom. The fourth-order valence-corrected chi connectivity index (χ4v) is 7.50. The van der Waals surface area contributed by atoms with E-state index in [2.05, 4.69) is 5.32 Å². The van der Waals surface area contributed by atoms with Crippen LogP contribution in [0.3, 0.4) is 0 Å². The third kappa shape index (κ3) is 4.49. The van der Waals surface area contributed by atoms with Crippen LogP contribution in [0.15, 0.2) is 53.0 Å². The Morgan fingerprint density at radius 2 is 1.84 bits per heavy atom. The number of aliphatic hydroxyl groups is 4. The predicted octanol–water partition coefficient (Wildman–Crippen LogP) is 2.48. The van der Waals surface area contributed by atoms with Crippen molar-refractivity contribution in [3.8, 4) is 22.6 Å².